The van der Waals surface area contributed by atoms with Crippen LogP contribution in [-0.4, -0.2) is 16.9 Å². The molecule has 0 unspecified atom stereocenters. The van der Waals surface area contributed by atoms with Crippen LogP contribution in [0.1, 0.15) is 42.6 Å². The Kier molecular flexibility index (Phi) is 4.56. The second-order valence-corrected chi connectivity index (χ2v) is 6.59. The van der Waals surface area contributed by atoms with E-state index in [9.17, 15) is 4.79 Å². The standard InChI is InChI=1S/C16H17ClN2OS/c17-13-9-5-4-8-12(13)16-19-14(10-21-16)15(20)18-11-6-2-1-3-7-11/h4-5,8-11H,1-3,6-7H2,(H,18,20). The van der Waals surface area contributed by atoms with Crippen LogP contribution in [0.5, 0.6) is 0 Å². The molecule has 0 aliphatic heterocycles. The minimum absolute atomic E-state index is 0.0727. The first-order chi connectivity index (χ1) is 10.2. The summed E-state index contributed by atoms with van der Waals surface area (Å²) in [5.41, 5.74) is 1.36. The number of hydrogen-bond donors (Lipinski definition) is 1. The van der Waals surface area contributed by atoms with Gasteiger partial charge in [-0.3, -0.25) is 4.79 Å². The summed E-state index contributed by atoms with van der Waals surface area (Å²) in [6.45, 7) is 0. The maximum atomic E-state index is 12.2. The van der Waals surface area contributed by atoms with Gasteiger partial charge in [-0.05, 0) is 18.9 Å². The van der Waals surface area contributed by atoms with Crippen molar-refractivity contribution < 1.29 is 4.79 Å². The van der Waals surface area contributed by atoms with E-state index in [0.717, 1.165) is 23.4 Å². The number of rotatable bonds is 3. The van der Waals surface area contributed by atoms with Crippen molar-refractivity contribution in [3.05, 3.63) is 40.4 Å². The molecule has 1 fully saturated rings. The lowest BCUT2D eigenvalue weighted by molar-refractivity contribution is 0.0923. The molecule has 1 aromatic carbocycles. The molecule has 0 bridgehead atoms. The van der Waals surface area contributed by atoms with Crippen LogP contribution in [0.3, 0.4) is 0 Å². The monoisotopic (exact) mass is 320 g/mol. The van der Waals surface area contributed by atoms with Crippen molar-refractivity contribution in [2.75, 3.05) is 0 Å². The quantitative estimate of drug-likeness (QED) is 0.903. The Labute approximate surface area is 133 Å². The van der Waals surface area contributed by atoms with Crippen molar-refractivity contribution in [3.8, 4) is 10.6 Å². The fourth-order valence-electron chi connectivity index (χ4n) is 2.64. The third-order valence-electron chi connectivity index (χ3n) is 3.78. The molecule has 5 heteroatoms. The maximum Gasteiger partial charge on any atom is 0.270 e. The maximum absolute atomic E-state index is 12.2. The zero-order chi connectivity index (χ0) is 14.7. The Morgan fingerprint density at radius 3 is 2.76 bits per heavy atom. The summed E-state index contributed by atoms with van der Waals surface area (Å²) in [4.78, 5) is 16.7. The van der Waals surface area contributed by atoms with Gasteiger partial charge in [0.15, 0.2) is 0 Å². The Morgan fingerprint density at radius 1 is 1.24 bits per heavy atom. The second kappa shape index (κ2) is 6.58. The van der Waals surface area contributed by atoms with Gasteiger partial charge in [-0.1, -0.05) is 49.1 Å². The number of nitrogens with one attached hydrogen (secondary N) is 1. The fourth-order valence-corrected chi connectivity index (χ4v) is 3.76. The third kappa shape index (κ3) is 3.44. The van der Waals surface area contributed by atoms with Crippen LogP contribution >= 0.6 is 22.9 Å². The van der Waals surface area contributed by atoms with Gasteiger partial charge in [0.05, 0.1) is 5.02 Å². The molecule has 1 amide bonds. The molecule has 0 spiro atoms. The van der Waals surface area contributed by atoms with Crippen molar-refractivity contribution in [3.63, 3.8) is 0 Å². The summed E-state index contributed by atoms with van der Waals surface area (Å²) in [5.74, 6) is -0.0727. The van der Waals surface area contributed by atoms with Crippen LogP contribution in [0.25, 0.3) is 10.6 Å². The van der Waals surface area contributed by atoms with Crippen LogP contribution in [0.15, 0.2) is 29.6 Å². The minimum Gasteiger partial charge on any atom is -0.348 e. The zero-order valence-corrected chi connectivity index (χ0v) is 13.2. The number of carbonyl (C=O) groups excluding carboxylic acids is 1. The predicted octanol–water partition coefficient (Wildman–Crippen LogP) is 4.53. The molecular weight excluding hydrogens is 304 g/mol. The van der Waals surface area contributed by atoms with Crippen molar-refractivity contribution >= 4 is 28.8 Å². The molecule has 1 N–H and O–H groups in total. The largest absolute Gasteiger partial charge is 0.348 e. The number of thiazole rings is 1. The number of amides is 1. The smallest absolute Gasteiger partial charge is 0.270 e. The Balaban J connectivity index is 1.72. The molecule has 0 radical (unpaired) electrons. The summed E-state index contributed by atoms with van der Waals surface area (Å²) in [6, 6.07) is 7.86. The molecule has 110 valence electrons. The molecule has 1 aliphatic carbocycles. The summed E-state index contributed by atoms with van der Waals surface area (Å²) in [7, 11) is 0. The number of carbonyl (C=O) groups is 1. The van der Waals surface area contributed by atoms with Gasteiger partial charge in [-0.25, -0.2) is 4.98 Å². The van der Waals surface area contributed by atoms with Gasteiger partial charge in [0.2, 0.25) is 0 Å². The average Bonchev–Trinajstić information content (AvgIpc) is 2.98. The number of aromatic nitrogens is 1. The summed E-state index contributed by atoms with van der Waals surface area (Å²) in [6.07, 6.45) is 5.83. The lowest BCUT2D eigenvalue weighted by Gasteiger charge is -2.22. The van der Waals surface area contributed by atoms with Crippen LogP contribution in [0.4, 0.5) is 0 Å². The van der Waals surface area contributed by atoms with Gasteiger partial charge >= 0.3 is 0 Å². The van der Waals surface area contributed by atoms with Crippen molar-refractivity contribution in [1.29, 1.82) is 0 Å². The van der Waals surface area contributed by atoms with E-state index in [1.807, 2.05) is 24.3 Å². The van der Waals surface area contributed by atoms with E-state index >= 15 is 0 Å². The molecule has 3 nitrogen and oxygen atoms in total. The SMILES string of the molecule is O=C(NC1CCCCC1)c1csc(-c2ccccc2Cl)n1. The summed E-state index contributed by atoms with van der Waals surface area (Å²) >= 11 is 7.62. The number of halogens is 1. The summed E-state index contributed by atoms with van der Waals surface area (Å²) < 4.78 is 0. The molecule has 1 aromatic heterocycles. The third-order valence-corrected chi connectivity index (χ3v) is 4.99. The summed E-state index contributed by atoms with van der Waals surface area (Å²) in [5, 5.41) is 6.33. The van der Waals surface area contributed by atoms with Crippen LogP contribution in [0.2, 0.25) is 5.02 Å². The van der Waals surface area contributed by atoms with Gasteiger partial charge in [-0.2, -0.15) is 0 Å². The van der Waals surface area contributed by atoms with Gasteiger partial charge in [0.1, 0.15) is 10.7 Å². The van der Waals surface area contributed by atoms with E-state index in [2.05, 4.69) is 10.3 Å². The molecule has 1 heterocycles. The topological polar surface area (TPSA) is 42.0 Å². The Hall–Kier alpha value is -1.39. The molecular formula is C16H17ClN2OS. The van der Waals surface area contributed by atoms with Crippen LogP contribution in [0, 0.1) is 0 Å². The highest BCUT2D eigenvalue weighted by atomic mass is 35.5. The Morgan fingerprint density at radius 2 is 2.00 bits per heavy atom. The Bertz CT molecular complexity index is 635. The van der Waals surface area contributed by atoms with E-state index < -0.39 is 0 Å². The minimum atomic E-state index is -0.0727. The zero-order valence-electron chi connectivity index (χ0n) is 11.6. The molecule has 0 saturated heterocycles. The van der Waals surface area contributed by atoms with Crippen LogP contribution < -0.4 is 5.32 Å². The lowest BCUT2D eigenvalue weighted by Crippen LogP contribution is -2.36. The average molecular weight is 321 g/mol. The highest BCUT2D eigenvalue weighted by molar-refractivity contribution is 7.13. The van der Waals surface area contributed by atoms with Crippen molar-refractivity contribution in [2.24, 2.45) is 0 Å². The van der Waals surface area contributed by atoms with Gasteiger partial charge < -0.3 is 5.32 Å². The first-order valence-corrected chi connectivity index (χ1v) is 8.51. The molecule has 21 heavy (non-hydrogen) atoms. The molecule has 1 aliphatic rings. The van der Waals surface area contributed by atoms with Gasteiger partial charge in [-0.15, -0.1) is 11.3 Å². The van der Waals surface area contributed by atoms with E-state index in [0.29, 0.717) is 16.8 Å². The second-order valence-electron chi connectivity index (χ2n) is 5.33. The first kappa shape index (κ1) is 14.5. The van der Waals surface area contributed by atoms with E-state index in [4.69, 9.17) is 11.6 Å². The normalized spacial score (nSPS) is 15.9. The van der Waals surface area contributed by atoms with E-state index in [-0.39, 0.29) is 5.91 Å². The van der Waals surface area contributed by atoms with E-state index in [1.54, 1.807) is 5.38 Å². The number of benzene rings is 1. The highest BCUT2D eigenvalue weighted by Crippen LogP contribution is 2.30. The van der Waals surface area contributed by atoms with Gasteiger partial charge in [0, 0.05) is 17.0 Å². The molecule has 2 aromatic rings. The number of nitrogens with zero attached hydrogens (tertiary/aromatic N) is 1. The van der Waals surface area contributed by atoms with Crippen molar-refractivity contribution in [2.45, 2.75) is 38.1 Å². The lowest BCUT2D eigenvalue weighted by atomic mass is 9.95. The first-order valence-electron chi connectivity index (χ1n) is 7.25. The molecule has 0 atom stereocenters. The fraction of sp³-hybridized carbons (Fsp3) is 0.375. The molecule has 3 rings (SSSR count). The van der Waals surface area contributed by atoms with Crippen molar-refractivity contribution in [1.82, 2.24) is 10.3 Å². The van der Waals surface area contributed by atoms with Crippen LogP contribution in [-0.2, 0) is 0 Å². The van der Waals surface area contributed by atoms with Gasteiger partial charge in [0.25, 0.3) is 5.91 Å². The highest BCUT2D eigenvalue weighted by Gasteiger charge is 2.19. The number of hydrogen-bond acceptors (Lipinski definition) is 3. The van der Waals surface area contributed by atoms with E-state index in [1.165, 1.54) is 30.6 Å². The predicted molar refractivity (Wildman–Crippen MR) is 86.9 cm³/mol. The molecule has 1 saturated carbocycles.